The molecule has 4 heteroatoms. The normalized spacial score (nSPS) is 23.1. The molecule has 88 valence electrons. The summed E-state index contributed by atoms with van der Waals surface area (Å²) in [5, 5.41) is 12.0. The fourth-order valence-electron chi connectivity index (χ4n) is 1.95. The molecular formula is C11H22N2O2. The number of likely N-dealkylation sites (tertiary alicyclic amines) is 1. The van der Waals surface area contributed by atoms with Crippen molar-refractivity contribution in [3.8, 4) is 0 Å². The lowest BCUT2D eigenvalue weighted by Crippen LogP contribution is -2.47. The average Bonchev–Trinajstić information content (AvgIpc) is 2.48. The van der Waals surface area contributed by atoms with Crippen LogP contribution in [-0.4, -0.2) is 47.2 Å². The quantitative estimate of drug-likeness (QED) is 0.713. The lowest BCUT2D eigenvalue weighted by molar-refractivity contribution is -0.124. The number of nitrogens with zero attached hydrogens (tertiary/aromatic N) is 1. The first-order chi connectivity index (χ1) is 6.92. The molecule has 1 atom stereocenters. The van der Waals surface area contributed by atoms with Crippen LogP contribution in [0.25, 0.3) is 0 Å². The first-order valence-electron chi connectivity index (χ1n) is 5.58. The Morgan fingerprint density at radius 1 is 1.53 bits per heavy atom. The van der Waals surface area contributed by atoms with Crippen LogP contribution in [0.5, 0.6) is 0 Å². The van der Waals surface area contributed by atoms with E-state index in [2.05, 4.69) is 10.2 Å². The maximum absolute atomic E-state index is 11.6. The molecule has 0 unspecified atom stereocenters. The van der Waals surface area contributed by atoms with E-state index < -0.39 is 0 Å². The minimum atomic E-state index is -0.175. The van der Waals surface area contributed by atoms with E-state index >= 15 is 0 Å². The van der Waals surface area contributed by atoms with Crippen LogP contribution in [0, 0.1) is 0 Å². The lowest BCUT2D eigenvalue weighted by atomic mass is 10.1. The molecule has 15 heavy (non-hydrogen) atoms. The Labute approximate surface area is 91.6 Å². The van der Waals surface area contributed by atoms with E-state index in [0.29, 0.717) is 6.54 Å². The molecule has 0 radical (unpaired) electrons. The van der Waals surface area contributed by atoms with E-state index in [1.807, 2.05) is 20.8 Å². The molecular weight excluding hydrogens is 192 g/mol. The molecule has 4 nitrogen and oxygen atoms in total. The van der Waals surface area contributed by atoms with E-state index in [0.717, 1.165) is 19.4 Å². The number of amides is 1. The van der Waals surface area contributed by atoms with Crippen molar-refractivity contribution >= 4 is 5.91 Å². The zero-order valence-electron chi connectivity index (χ0n) is 9.92. The van der Waals surface area contributed by atoms with Gasteiger partial charge in [-0.05, 0) is 40.2 Å². The number of aliphatic hydroxyl groups excluding tert-OH is 1. The molecule has 1 fully saturated rings. The topological polar surface area (TPSA) is 52.6 Å². The Morgan fingerprint density at radius 3 is 2.73 bits per heavy atom. The Kier molecular flexibility index (Phi) is 4.11. The summed E-state index contributed by atoms with van der Waals surface area (Å²) in [5.41, 5.74) is -0.175. The van der Waals surface area contributed by atoms with Crippen LogP contribution < -0.4 is 5.32 Å². The van der Waals surface area contributed by atoms with Crippen molar-refractivity contribution in [1.82, 2.24) is 10.2 Å². The zero-order chi connectivity index (χ0) is 11.5. The second kappa shape index (κ2) is 4.94. The number of hydrogen-bond acceptors (Lipinski definition) is 3. The number of carbonyl (C=O) groups excluding carboxylic acids is 1. The minimum absolute atomic E-state index is 0.0443. The van der Waals surface area contributed by atoms with Gasteiger partial charge in [0.25, 0.3) is 0 Å². The third kappa shape index (κ3) is 4.18. The summed E-state index contributed by atoms with van der Waals surface area (Å²) in [7, 11) is 0. The van der Waals surface area contributed by atoms with Crippen LogP contribution in [0.3, 0.4) is 0 Å². The number of carbonyl (C=O) groups is 1. The molecule has 1 amide bonds. The van der Waals surface area contributed by atoms with Gasteiger partial charge < -0.3 is 10.4 Å². The van der Waals surface area contributed by atoms with Gasteiger partial charge in [0.2, 0.25) is 5.91 Å². The van der Waals surface area contributed by atoms with Crippen molar-refractivity contribution < 1.29 is 9.90 Å². The number of nitrogens with one attached hydrogen (secondary N) is 1. The summed E-state index contributed by atoms with van der Waals surface area (Å²) in [6.07, 6.45) is 2.08. The Morgan fingerprint density at radius 2 is 2.20 bits per heavy atom. The van der Waals surface area contributed by atoms with Gasteiger partial charge in [0, 0.05) is 11.6 Å². The summed E-state index contributed by atoms with van der Waals surface area (Å²) in [6.45, 7) is 7.39. The molecule has 0 bridgehead atoms. The van der Waals surface area contributed by atoms with Crippen LogP contribution >= 0.6 is 0 Å². The second-order valence-electron chi connectivity index (χ2n) is 5.25. The Bertz CT molecular complexity index is 223. The molecule has 0 aromatic carbocycles. The first-order valence-corrected chi connectivity index (χ1v) is 5.58. The minimum Gasteiger partial charge on any atom is -0.395 e. The largest absolute Gasteiger partial charge is 0.395 e. The maximum atomic E-state index is 11.6. The number of aliphatic hydroxyl groups is 1. The Balaban J connectivity index is 2.37. The summed E-state index contributed by atoms with van der Waals surface area (Å²) in [4.78, 5) is 13.7. The van der Waals surface area contributed by atoms with Crippen LogP contribution in [0.4, 0.5) is 0 Å². The van der Waals surface area contributed by atoms with Gasteiger partial charge in [-0.3, -0.25) is 9.69 Å². The highest BCUT2D eigenvalue weighted by Crippen LogP contribution is 2.15. The lowest BCUT2D eigenvalue weighted by Gasteiger charge is -2.25. The van der Waals surface area contributed by atoms with Crippen molar-refractivity contribution in [3.05, 3.63) is 0 Å². The molecule has 0 aliphatic carbocycles. The van der Waals surface area contributed by atoms with Gasteiger partial charge in [0.1, 0.15) is 0 Å². The van der Waals surface area contributed by atoms with Gasteiger partial charge >= 0.3 is 0 Å². The van der Waals surface area contributed by atoms with Gasteiger partial charge in [0.15, 0.2) is 0 Å². The van der Waals surface area contributed by atoms with Gasteiger partial charge in [-0.2, -0.15) is 0 Å². The highest BCUT2D eigenvalue weighted by atomic mass is 16.3. The molecule has 1 aliphatic rings. The van der Waals surface area contributed by atoms with E-state index in [4.69, 9.17) is 5.11 Å². The van der Waals surface area contributed by atoms with Crippen LogP contribution in [0.1, 0.15) is 33.6 Å². The van der Waals surface area contributed by atoms with Gasteiger partial charge in [-0.15, -0.1) is 0 Å². The van der Waals surface area contributed by atoms with E-state index in [9.17, 15) is 4.79 Å². The Hall–Kier alpha value is -0.610. The van der Waals surface area contributed by atoms with Crippen LogP contribution in [-0.2, 0) is 4.79 Å². The molecule has 1 aliphatic heterocycles. The third-order valence-corrected chi connectivity index (χ3v) is 2.57. The summed E-state index contributed by atoms with van der Waals surface area (Å²) >= 11 is 0. The summed E-state index contributed by atoms with van der Waals surface area (Å²) < 4.78 is 0. The fourth-order valence-corrected chi connectivity index (χ4v) is 1.95. The predicted octanol–water partition coefficient (Wildman–Crippen LogP) is 0.358. The van der Waals surface area contributed by atoms with Gasteiger partial charge in [-0.1, -0.05) is 0 Å². The van der Waals surface area contributed by atoms with Crippen LogP contribution in [0.15, 0.2) is 0 Å². The molecule has 0 spiro atoms. The molecule has 2 N–H and O–H groups in total. The van der Waals surface area contributed by atoms with Gasteiger partial charge in [0.05, 0.1) is 13.2 Å². The molecule has 1 heterocycles. The van der Waals surface area contributed by atoms with Crippen LogP contribution in [0.2, 0.25) is 0 Å². The van der Waals surface area contributed by atoms with Crippen molar-refractivity contribution in [2.75, 3.05) is 19.7 Å². The smallest absolute Gasteiger partial charge is 0.234 e. The highest BCUT2D eigenvalue weighted by molar-refractivity contribution is 5.78. The molecule has 0 aromatic heterocycles. The zero-order valence-corrected chi connectivity index (χ0v) is 9.92. The number of rotatable bonds is 3. The highest BCUT2D eigenvalue weighted by Gasteiger charge is 2.26. The summed E-state index contributed by atoms with van der Waals surface area (Å²) in [6, 6.07) is 0.177. The second-order valence-corrected chi connectivity index (χ2v) is 5.25. The van der Waals surface area contributed by atoms with Crippen molar-refractivity contribution in [3.63, 3.8) is 0 Å². The standard InChI is InChI=1S/C11H22N2O2/c1-11(2,3)12-10(15)7-13-6-4-5-9(13)8-14/h9,14H,4-8H2,1-3H3,(H,12,15)/t9-/m0/s1. The molecule has 0 saturated carbocycles. The SMILES string of the molecule is CC(C)(C)NC(=O)CN1CCC[C@H]1CO. The maximum Gasteiger partial charge on any atom is 0.234 e. The van der Waals surface area contributed by atoms with Crippen molar-refractivity contribution in [1.29, 1.82) is 0 Å². The van der Waals surface area contributed by atoms with E-state index in [1.54, 1.807) is 0 Å². The van der Waals surface area contributed by atoms with E-state index in [-0.39, 0.29) is 24.1 Å². The third-order valence-electron chi connectivity index (χ3n) is 2.57. The average molecular weight is 214 g/mol. The number of hydrogen-bond donors (Lipinski definition) is 2. The fraction of sp³-hybridized carbons (Fsp3) is 0.909. The predicted molar refractivity (Wildman–Crippen MR) is 59.6 cm³/mol. The molecule has 1 saturated heterocycles. The molecule has 0 aromatic rings. The van der Waals surface area contributed by atoms with E-state index in [1.165, 1.54) is 0 Å². The van der Waals surface area contributed by atoms with Gasteiger partial charge in [-0.25, -0.2) is 0 Å². The monoisotopic (exact) mass is 214 g/mol. The molecule has 1 rings (SSSR count). The van der Waals surface area contributed by atoms with Crippen molar-refractivity contribution in [2.45, 2.75) is 45.2 Å². The first kappa shape index (κ1) is 12.5. The van der Waals surface area contributed by atoms with Crippen molar-refractivity contribution in [2.24, 2.45) is 0 Å². The summed E-state index contributed by atoms with van der Waals surface area (Å²) in [5.74, 6) is 0.0443.